The molecule has 8 nitrogen and oxygen atoms in total. The van der Waals surface area contributed by atoms with Crippen LogP contribution in [0.1, 0.15) is 24.2 Å². The van der Waals surface area contributed by atoms with Crippen LogP contribution in [0.25, 0.3) is 33.7 Å². The lowest BCUT2D eigenvalue weighted by atomic mass is 10.2. The van der Waals surface area contributed by atoms with Crippen molar-refractivity contribution in [3.8, 4) is 11.6 Å². The SMILES string of the molecule is Cc1ccc(S(=O)(=O)n2ccc3c2ncc2nc(-c4ccc(CO)o4)n(CC4CC4)c23)cc1. The summed E-state index contributed by atoms with van der Waals surface area (Å²) in [5.74, 6) is 2.24. The first-order valence-electron chi connectivity index (χ1n) is 10.8. The summed E-state index contributed by atoms with van der Waals surface area (Å²) in [6, 6.07) is 12.1. The minimum absolute atomic E-state index is 0.186. The van der Waals surface area contributed by atoms with E-state index in [4.69, 9.17) is 9.40 Å². The van der Waals surface area contributed by atoms with Crippen LogP contribution in [0.15, 0.2) is 64.2 Å². The molecule has 1 N–H and O–H groups in total. The number of aliphatic hydroxyl groups is 1. The molecule has 0 unspecified atom stereocenters. The van der Waals surface area contributed by atoms with E-state index < -0.39 is 10.0 Å². The van der Waals surface area contributed by atoms with Crippen molar-refractivity contribution in [2.24, 2.45) is 5.92 Å². The van der Waals surface area contributed by atoms with Gasteiger partial charge in [-0.15, -0.1) is 0 Å². The second kappa shape index (κ2) is 7.29. The lowest BCUT2D eigenvalue weighted by Crippen LogP contribution is -2.12. The van der Waals surface area contributed by atoms with Crippen molar-refractivity contribution < 1.29 is 17.9 Å². The quantitative estimate of drug-likeness (QED) is 0.408. The topological polar surface area (TPSA) is 103 Å². The third kappa shape index (κ3) is 3.27. The van der Waals surface area contributed by atoms with E-state index in [1.54, 1.807) is 54.9 Å². The van der Waals surface area contributed by atoms with Crippen molar-refractivity contribution in [3.05, 3.63) is 66.2 Å². The first kappa shape index (κ1) is 20.2. The number of furan rings is 1. The zero-order chi connectivity index (χ0) is 22.7. The number of benzene rings is 1. The number of fused-ring (bicyclic) bond motifs is 3. The number of pyridine rings is 1. The standard InChI is InChI=1S/C24H22N4O4S/c1-15-2-7-18(8-3-15)33(30,31)28-11-10-19-22-20(12-25-23(19)28)26-24(27(22)13-16-4-5-16)21-9-6-17(14-29)32-21/h2-3,6-12,16,29H,4-5,13-14H2,1H3. The van der Waals surface area contributed by atoms with Gasteiger partial charge in [0.05, 0.1) is 16.6 Å². The monoisotopic (exact) mass is 462 g/mol. The highest BCUT2D eigenvalue weighted by molar-refractivity contribution is 7.90. The molecular formula is C24H22N4O4S. The summed E-state index contributed by atoms with van der Waals surface area (Å²) in [6.07, 6.45) is 5.46. The summed E-state index contributed by atoms with van der Waals surface area (Å²) in [4.78, 5) is 9.46. The van der Waals surface area contributed by atoms with Crippen molar-refractivity contribution in [1.29, 1.82) is 0 Å². The number of rotatable bonds is 6. The van der Waals surface area contributed by atoms with Gasteiger partial charge in [-0.25, -0.2) is 22.4 Å². The molecule has 1 aliphatic carbocycles. The largest absolute Gasteiger partial charge is 0.455 e. The van der Waals surface area contributed by atoms with Crippen molar-refractivity contribution in [2.75, 3.05) is 0 Å². The van der Waals surface area contributed by atoms with E-state index in [1.165, 1.54) is 3.97 Å². The molecule has 0 atom stereocenters. The molecule has 0 radical (unpaired) electrons. The zero-order valence-corrected chi connectivity index (χ0v) is 18.8. The average molecular weight is 463 g/mol. The van der Waals surface area contributed by atoms with Crippen LogP contribution in [0.4, 0.5) is 0 Å². The lowest BCUT2D eigenvalue weighted by molar-refractivity contribution is 0.248. The van der Waals surface area contributed by atoms with Crippen molar-refractivity contribution in [3.63, 3.8) is 0 Å². The predicted molar refractivity (Wildman–Crippen MR) is 123 cm³/mol. The fourth-order valence-electron chi connectivity index (χ4n) is 4.21. The minimum Gasteiger partial charge on any atom is -0.455 e. The van der Waals surface area contributed by atoms with E-state index in [0.29, 0.717) is 34.4 Å². The Kier molecular flexibility index (Phi) is 4.46. The van der Waals surface area contributed by atoms with E-state index in [1.807, 2.05) is 6.92 Å². The highest BCUT2D eigenvalue weighted by Crippen LogP contribution is 2.37. The van der Waals surface area contributed by atoms with Gasteiger partial charge in [0, 0.05) is 18.1 Å². The van der Waals surface area contributed by atoms with E-state index in [0.717, 1.165) is 35.9 Å². The molecule has 1 saturated carbocycles. The highest BCUT2D eigenvalue weighted by atomic mass is 32.2. The first-order chi connectivity index (χ1) is 16.0. The molecule has 33 heavy (non-hydrogen) atoms. The number of hydrogen-bond donors (Lipinski definition) is 1. The van der Waals surface area contributed by atoms with Crippen LogP contribution in [0, 0.1) is 12.8 Å². The van der Waals surface area contributed by atoms with Gasteiger partial charge in [-0.2, -0.15) is 0 Å². The maximum atomic E-state index is 13.4. The van der Waals surface area contributed by atoms with Gasteiger partial charge < -0.3 is 14.1 Å². The molecule has 1 aromatic carbocycles. The molecule has 4 heterocycles. The molecule has 6 rings (SSSR count). The summed E-state index contributed by atoms with van der Waals surface area (Å²) < 4.78 is 35.8. The van der Waals surface area contributed by atoms with Crippen LogP contribution in [-0.2, 0) is 23.2 Å². The fourth-order valence-corrected chi connectivity index (χ4v) is 5.51. The van der Waals surface area contributed by atoms with Gasteiger partial charge in [-0.05, 0) is 56.0 Å². The van der Waals surface area contributed by atoms with Crippen LogP contribution >= 0.6 is 0 Å². The van der Waals surface area contributed by atoms with Crippen LogP contribution in [0.2, 0.25) is 0 Å². The van der Waals surface area contributed by atoms with Crippen molar-refractivity contribution in [1.82, 2.24) is 18.5 Å². The van der Waals surface area contributed by atoms with Crippen molar-refractivity contribution in [2.45, 2.75) is 37.8 Å². The predicted octanol–water partition coefficient (Wildman–Crippen LogP) is 4.09. The molecule has 0 aliphatic heterocycles. The van der Waals surface area contributed by atoms with E-state index in [9.17, 15) is 13.5 Å². The number of aromatic nitrogens is 4. The molecule has 0 amide bonds. The van der Waals surface area contributed by atoms with Crippen molar-refractivity contribution >= 4 is 32.1 Å². The second-order valence-corrected chi connectivity index (χ2v) is 10.4. The fraction of sp³-hybridized carbons (Fsp3) is 0.250. The van der Waals surface area contributed by atoms with Gasteiger partial charge in [-0.3, -0.25) is 0 Å². The summed E-state index contributed by atoms with van der Waals surface area (Å²) in [5, 5.41) is 10.1. The number of nitrogens with zero attached hydrogens (tertiary/aromatic N) is 4. The molecule has 1 fully saturated rings. The molecule has 4 aromatic heterocycles. The maximum absolute atomic E-state index is 13.4. The van der Waals surface area contributed by atoms with Crippen LogP contribution < -0.4 is 0 Å². The Bertz CT molecular complexity index is 1610. The second-order valence-electron chi connectivity index (χ2n) is 8.57. The Balaban J connectivity index is 1.57. The molecule has 168 valence electrons. The van der Waals surface area contributed by atoms with Gasteiger partial charge in [-0.1, -0.05) is 17.7 Å². The number of imidazole rings is 1. The molecule has 0 spiro atoms. The lowest BCUT2D eigenvalue weighted by Gasteiger charge is -2.09. The zero-order valence-electron chi connectivity index (χ0n) is 18.0. The minimum atomic E-state index is -3.80. The summed E-state index contributed by atoms with van der Waals surface area (Å²) in [7, 11) is -3.80. The normalized spacial score (nSPS) is 14.5. The molecule has 0 saturated heterocycles. The Morgan fingerprint density at radius 1 is 1.12 bits per heavy atom. The van der Waals surface area contributed by atoms with E-state index in [2.05, 4.69) is 9.55 Å². The Morgan fingerprint density at radius 2 is 1.91 bits per heavy atom. The first-order valence-corrected chi connectivity index (χ1v) is 12.3. The Hall–Kier alpha value is -3.43. The smallest absolute Gasteiger partial charge is 0.269 e. The van der Waals surface area contributed by atoms with Gasteiger partial charge in [0.15, 0.2) is 17.2 Å². The summed E-state index contributed by atoms with van der Waals surface area (Å²) in [5.41, 5.74) is 2.86. The Morgan fingerprint density at radius 3 is 2.61 bits per heavy atom. The van der Waals surface area contributed by atoms with E-state index in [-0.39, 0.29) is 11.5 Å². The van der Waals surface area contributed by atoms with Crippen LogP contribution in [-0.4, -0.2) is 32.0 Å². The van der Waals surface area contributed by atoms with E-state index >= 15 is 0 Å². The Labute approximate surface area is 190 Å². The summed E-state index contributed by atoms with van der Waals surface area (Å²) >= 11 is 0. The number of aliphatic hydroxyl groups excluding tert-OH is 1. The number of hydrogen-bond acceptors (Lipinski definition) is 6. The van der Waals surface area contributed by atoms with Crippen LogP contribution in [0.3, 0.4) is 0 Å². The maximum Gasteiger partial charge on any atom is 0.269 e. The third-order valence-electron chi connectivity index (χ3n) is 6.14. The molecule has 5 aromatic rings. The van der Waals surface area contributed by atoms with Gasteiger partial charge >= 0.3 is 0 Å². The summed E-state index contributed by atoms with van der Waals surface area (Å²) in [6.45, 7) is 2.49. The van der Waals surface area contributed by atoms with Gasteiger partial charge in [0.25, 0.3) is 10.0 Å². The average Bonchev–Trinajstić information content (AvgIpc) is 3.20. The number of aryl methyl sites for hydroxylation is 1. The molecular weight excluding hydrogens is 440 g/mol. The van der Waals surface area contributed by atoms with Gasteiger partial charge in [0.1, 0.15) is 17.9 Å². The molecule has 9 heteroatoms. The molecule has 0 bridgehead atoms. The third-order valence-corrected chi connectivity index (χ3v) is 7.82. The molecule has 1 aliphatic rings. The van der Waals surface area contributed by atoms with Crippen LogP contribution in [0.5, 0.6) is 0 Å². The van der Waals surface area contributed by atoms with Gasteiger partial charge in [0.2, 0.25) is 0 Å². The highest BCUT2D eigenvalue weighted by Gasteiger charge is 2.28.